The van der Waals surface area contributed by atoms with Gasteiger partial charge in [0.25, 0.3) is 0 Å². The minimum Gasteiger partial charge on any atom is -0.452 e. The van der Waals surface area contributed by atoms with E-state index in [1.807, 2.05) is 0 Å². The number of ether oxygens (including phenoxy) is 1. The molecule has 0 radical (unpaired) electrons. The fourth-order valence-electron chi connectivity index (χ4n) is 2.54. The molecule has 3 amide bonds. The Kier molecular flexibility index (Phi) is 7.72. The summed E-state index contributed by atoms with van der Waals surface area (Å²) in [6.45, 7) is 2.76. The van der Waals surface area contributed by atoms with E-state index < -0.39 is 28.1 Å². The van der Waals surface area contributed by atoms with Gasteiger partial charge in [-0.05, 0) is 55.5 Å². The zero-order valence-electron chi connectivity index (χ0n) is 17.5. The predicted octanol–water partition coefficient (Wildman–Crippen LogP) is 2.15. The molecule has 0 aliphatic carbocycles. The number of benzene rings is 2. The Morgan fingerprint density at radius 1 is 0.935 bits per heavy atom. The molecule has 10 nitrogen and oxygen atoms in total. The largest absolute Gasteiger partial charge is 0.452 e. The summed E-state index contributed by atoms with van der Waals surface area (Å²) in [5.41, 5.74) is 1.44. The lowest BCUT2D eigenvalue weighted by molar-refractivity contribution is -0.117. The van der Waals surface area contributed by atoms with Crippen molar-refractivity contribution in [2.24, 2.45) is 0 Å². The van der Waals surface area contributed by atoms with Gasteiger partial charge in [-0.3, -0.25) is 14.5 Å². The number of carbonyl (C=O) groups excluding carboxylic acids is 3. The van der Waals surface area contributed by atoms with Crippen molar-refractivity contribution in [3.8, 4) is 0 Å². The van der Waals surface area contributed by atoms with Crippen LogP contribution in [0.5, 0.6) is 0 Å². The highest BCUT2D eigenvalue weighted by molar-refractivity contribution is 7.89. The number of hydrogen-bond donors (Lipinski definition) is 3. The first kappa shape index (κ1) is 23.8. The van der Waals surface area contributed by atoms with E-state index >= 15 is 0 Å². The number of methoxy groups -OCH3 is 1. The Morgan fingerprint density at radius 2 is 1.45 bits per heavy atom. The van der Waals surface area contributed by atoms with Crippen molar-refractivity contribution in [2.75, 3.05) is 29.7 Å². The van der Waals surface area contributed by atoms with Crippen LogP contribution in [0, 0.1) is 0 Å². The van der Waals surface area contributed by atoms with E-state index in [0.717, 1.165) is 0 Å². The third-order valence-corrected chi connectivity index (χ3v) is 5.74. The molecule has 166 valence electrons. The highest BCUT2D eigenvalue weighted by Crippen LogP contribution is 2.18. The molecule has 0 bridgehead atoms. The number of rotatable bonds is 7. The van der Waals surface area contributed by atoms with E-state index in [9.17, 15) is 22.8 Å². The summed E-state index contributed by atoms with van der Waals surface area (Å²) in [5, 5.41) is 5.15. The Labute approximate surface area is 180 Å². The second kappa shape index (κ2) is 10.0. The van der Waals surface area contributed by atoms with Crippen molar-refractivity contribution in [1.82, 2.24) is 4.72 Å². The summed E-state index contributed by atoms with van der Waals surface area (Å²) in [4.78, 5) is 36.2. The Balaban J connectivity index is 2.01. The number of anilines is 3. The molecular formula is C20H24N4O6S. The SMILES string of the molecule is COC(=O)N(C)c1ccc(NC(=O)[C@H](C)NS(=O)(=O)c2ccc(NC(C)=O)cc2)cc1. The van der Waals surface area contributed by atoms with Crippen LogP contribution in [0.25, 0.3) is 0 Å². The van der Waals surface area contributed by atoms with Gasteiger partial charge in [-0.25, -0.2) is 13.2 Å². The molecule has 0 spiro atoms. The summed E-state index contributed by atoms with van der Waals surface area (Å²) in [6, 6.07) is 10.9. The first-order chi connectivity index (χ1) is 14.5. The van der Waals surface area contributed by atoms with E-state index in [2.05, 4.69) is 20.1 Å². The van der Waals surface area contributed by atoms with E-state index in [1.54, 1.807) is 31.3 Å². The molecule has 2 aromatic rings. The van der Waals surface area contributed by atoms with Gasteiger partial charge in [-0.1, -0.05) is 0 Å². The zero-order valence-corrected chi connectivity index (χ0v) is 18.3. The van der Waals surface area contributed by atoms with Crippen LogP contribution in [0.4, 0.5) is 21.9 Å². The standard InChI is InChI=1S/C20H24N4O6S/c1-13(23-31(28,29)18-11-7-15(8-12-18)21-14(2)25)19(26)22-16-5-9-17(10-6-16)24(3)20(27)30-4/h5-13,23H,1-4H3,(H,21,25)(H,22,26)/t13-/m0/s1. The zero-order chi connectivity index (χ0) is 23.2. The van der Waals surface area contributed by atoms with Crippen LogP contribution < -0.4 is 20.3 Å². The van der Waals surface area contributed by atoms with Crippen molar-refractivity contribution >= 4 is 45.0 Å². The second-order valence-corrected chi connectivity index (χ2v) is 8.33. The maximum Gasteiger partial charge on any atom is 0.413 e. The van der Waals surface area contributed by atoms with Gasteiger partial charge in [-0.2, -0.15) is 4.72 Å². The highest BCUT2D eigenvalue weighted by atomic mass is 32.2. The minimum absolute atomic E-state index is 0.0450. The average molecular weight is 449 g/mol. The maximum absolute atomic E-state index is 12.5. The molecule has 0 aliphatic rings. The molecular weight excluding hydrogens is 424 g/mol. The summed E-state index contributed by atoms with van der Waals surface area (Å²) >= 11 is 0. The van der Waals surface area contributed by atoms with E-state index in [1.165, 1.54) is 50.1 Å². The maximum atomic E-state index is 12.5. The average Bonchev–Trinajstić information content (AvgIpc) is 2.72. The van der Waals surface area contributed by atoms with Crippen molar-refractivity contribution in [2.45, 2.75) is 24.8 Å². The molecule has 2 aromatic carbocycles. The van der Waals surface area contributed by atoms with E-state index in [-0.39, 0.29) is 10.8 Å². The van der Waals surface area contributed by atoms with Gasteiger partial charge in [0.05, 0.1) is 18.0 Å². The number of amides is 3. The van der Waals surface area contributed by atoms with Gasteiger partial charge >= 0.3 is 6.09 Å². The smallest absolute Gasteiger partial charge is 0.413 e. The Morgan fingerprint density at radius 3 is 1.97 bits per heavy atom. The fraction of sp³-hybridized carbons (Fsp3) is 0.250. The predicted molar refractivity (Wildman–Crippen MR) is 116 cm³/mol. The van der Waals surface area contributed by atoms with Crippen LogP contribution in [-0.4, -0.2) is 46.5 Å². The first-order valence-corrected chi connectivity index (χ1v) is 10.6. The van der Waals surface area contributed by atoms with Gasteiger partial charge < -0.3 is 15.4 Å². The third-order valence-electron chi connectivity index (χ3n) is 4.18. The molecule has 0 saturated heterocycles. The normalized spacial score (nSPS) is 11.9. The summed E-state index contributed by atoms with van der Waals surface area (Å²) in [5.74, 6) is -0.837. The number of nitrogens with one attached hydrogen (secondary N) is 3. The number of hydrogen-bond acceptors (Lipinski definition) is 6. The third kappa shape index (κ3) is 6.52. The summed E-state index contributed by atoms with van der Waals surface area (Å²) in [6.07, 6.45) is -0.537. The molecule has 0 heterocycles. The van der Waals surface area contributed by atoms with Gasteiger partial charge in [0.1, 0.15) is 0 Å². The Bertz CT molecular complexity index is 1050. The molecule has 2 rings (SSSR count). The van der Waals surface area contributed by atoms with Crippen molar-refractivity contribution < 1.29 is 27.5 Å². The molecule has 0 aromatic heterocycles. The number of sulfonamides is 1. The van der Waals surface area contributed by atoms with Gasteiger partial charge in [0.2, 0.25) is 21.8 Å². The van der Waals surface area contributed by atoms with Crippen LogP contribution in [-0.2, 0) is 24.3 Å². The van der Waals surface area contributed by atoms with E-state index in [4.69, 9.17) is 0 Å². The lowest BCUT2D eigenvalue weighted by Crippen LogP contribution is -2.41. The highest BCUT2D eigenvalue weighted by Gasteiger charge is 2.22. The molecule has 0 fully saturated rings. The van der Waals surface area contributed by atoms with Crippen LogP contribution >= 0.6 is 0 Å². The minimum atomic E-state index is -3.95. The lowest BCUT2D eigenvalue weighted by Gasteiger charge is -2.17. The molecule has 0 aliphatic heterocycles. The number of nitrogens with zero attached hydrogens (tertiary/aromatic N) is 1. The molecule has 31 heavy (non-hydrogen) atoms. The molecule has 0 saturated carbocycles. The first-order valence-electron chi connectivity index (χ1n) is 9.16. The van der Waals surface area contributed by atoms with Gasteiger partial charge in [0, 0.05) is 31.0 Å². The fourth-order valence-corrected chi connectivity index (χ4v) is 3.74. The van der Waals surface area contributed by atoms with Crippen molar-refractivity contribution in [3.05, 3.63) is 48.5 Å². The van der Waals surface area contributed by atoms with Crippen molar-refractivity contribution in [3.63, 3.8) is 0 Å². The summed E-state index contributed by atoms with van der Waals surface area (Å²) < 4.78 is 32.0. The van der Waals surface area contributed by atoms with Crippen molar-refractivity contribution in [1.29, 1.82) is 0 Å². The summed E-state index contributed by atoms with van der Waals surface area (Å²) in [7, 11) is -1.14. The molecule has 0 unspecified atom stereocenters. The number of carbonyl (C=O) groups is 3. The Hall–Kier alpha value is -3.44. The van der Waals surface area contributed by atoms with Crippen LogP contribution in [0.3, 0.4) is 0 Å². The second-order valence-electron chi connectivity index (χ2n) is 6.61. The van der Waals surface area contributed by atoms with Crippen LogP contribution in [0.1, 0.15) is 13.8 Å². The molecule has 3 N–H and O–H groups in total. The van der Waals surface area contributed by atoms with Crippen LogP contribution in [0.15, 0.2) is 53.4 Å². The van der Waals surface area contributed by atoms with Gasteiger partial charge in [0.15, 0.2) is 0 Å². The molecule has 1 atom stereocenters. The molecule has 11 heteroatoms. The quantitative estimate of drug-likeness (QED) is 0.594. The van der Waals surface area contributed by atoms with E-state index in [0.29, 0.717) is 17.1 Å². The monoisotopic (exact) mass is 448 g/mol. The van der Waals surface area contributed by atoms with Crippen LogP contribution in [0.2, 0.25) is 0 Å². The lowest BCUT2D eigenvalue weighted by atomic mass is 10.2. The topological polar surface area (TPSA) is 134 Å². The van der Waals surface area contributed by atoms with Gasteiger partial charge in [-0.15, -0.1) is 0 Å².